The van der Waals surface area contributed by atoms with Crippen LogP contribution in [0, 0.1) is 5.92 Å². The van der Waals surface area contributed by atoms with Crippen LogP contribution in [0.4, 0.5) is 0 Å². The van der Waals surface area contributed by atoms with Crippen LogP contribution >= 0.6 is 0 Å². The summed E-state index contributed by atoms with van der Waals surface area (Å²) in [5.41, 5.74) is 0. The summed E-state index contributed by atoms with van der Waals surface area (Å²) in [5.74, 6) is -0.305. The summed E-state index contributed by atoms with van der Waals surface area (Å²) in [5, 5.41) is 0. The van der Waals surface area contributed by atoms with Crippen molar-refractivity contribution in [3.8, 4) is 0 Å². The number of allylic oxidation sites excluding steroid dienone is 3. The second-order valence-electron chi connectivity index (χ2n) is 3.02. The molecule has 0 N–H and O–H groups in total. The maximum absolute atomic E-state index is 10.9. The van der Waals surface area contributed by atoms with Crippen LogP contribution in [0.3, 0.4) is 0 Å². The molecule has 76 valence electrons. The van der Waals surface area contributed by atoms with Crippen molar-refractivity contribution in [3.05, 3.63) is 24.3 Å². The average Bonchev–Trinajstić information content (AvgIpc) is 2.70. The maximum Gasteiger partial charge on any atom is 0.218 e. The SMILES string of the molecule is O=S(=O)=C1C=CC=CC1C1OCCO1. The van der Waals surface area contributed by atoms with Gasteiger partial charge in [-0.05, 0) is 6.08 Å². The third kappa shape index (κ3) is 1.79. The molecule has 5 heteroatoms. The van der Waals surface area contributed by atoms with Gasteiger partial charge in [0.2, 0.25) is 10.3 Å². The second-order valence-corrected chi connectivity index (χ2v) is 3.96. The Morgan fingerprint density at radius 2 is 1.93 bits per heavy atom. The number of rotatable bonds is 1. The molecular formula is C9H10O4S. The molecule has 0 radical (unpaired) electrons. The van der Waals surface area contributed by atoms with Crippen molar-refractivity contribution in [1.29, 1.82) is 0 Å². The quantitative estimate of drug-likeness (QED) is 0.583. The number of hydrogen-bond acceptors (Lipinski definition) is 4. The van der Waals surface area contributed by atoms with E-state index < -0.39 is 16.6 Å². The summed E-state index contributed by atoms with van der Waals surface area (Å²) in [6.07, 6.45) is 6.38. The molecule has 2 aliphatic rings. The molecule has 1 heterocycles. The fourth-order valence-corrected chi connectivity index (χ4v) is 2.12. The summed E-state index contributed by atoms with van der Waals surface area (Å²) >= 11 is 0. The van der Waals surface area contributed by atoms with Gasteiger partial charge in [0.15, 0.2) is 6.29 Å². The van der Waals surface area contributed by atoms with Crippen molar-refractivity contribution in [3.63, 3.8) is 0 Å². The van der Waals surface area contributed by atoms with E-state index in [1.165, 1.54) is 0 Å². The van der Waals surface area contributed by atoms with Crippen molar-refractivity contribution >= 4 is 15.2 Å². The standard InChI is InChI=1S/C9H10O4S/c10-14(11)8-4-2-1-3-7(8)9-12-5-6-13-9/h1-4,7,9H,5-6H2. The summed E-state index contributed by atoms with van der Waals surface area (Å²) in [6, 6.07) is 0. The molecule has 0 amide bonds. The molecule has 2 rings (SSSR count). The Kier molecular flexibility index (Phi) is 2.81. The number of hydrogen-bond donors (Lipinski definition) is 0. The molecule has 4 nitrogen and oxygen atoms in total. The molecule has 0 aromatic rings. The Bertz CT molecular complexity index is 391. The Morgan fingerprint density at radius 3 is 2.57 bits per heavy atom. The molecule has 0 spiro atoms. The van der Waals surface area contributed by atoms with Gasteiger partial charge in [0.25, 0.3) is 0 Å². The maximum atomic E-state index is 10.9. The highest BCUT2D eigenvalue weighted by atomic mass is 32.2. The molecular weight excluding hydrogens is 204 g/mol. The minimum Gasteiger partial charge on any atom is -0.349 e. The van der Waals surface area contributed by atoms with Crippen LogP contribution < -0.4 is 0 Å². The van der Waals surface area contributed by atoms with Gasteiger partial charge in [-0.15, -0.1) is 0 Å². The van der Waals surface area contributed by atoms with E-state index in [0.29, 0.717) is 18.1 Å². The molecule has 1 fully saturated rings. The third-order valence-corrected chi connectivity index (χ3v) is 2.94. The second kappa shape index (κ2) is 4.08. The lowest BCUT2D eigenvalue weighted by Crippen LogP contribution is -2.28. The summed E-state index contributed by atoms with van der Waals surface area (Å²) in [7, 11) is -2.21. The summed E-state index contributed by atoms with van der Waals surface area (Å²) in [6.45, 7) is 1.05. The summed E-state index contributed by atoms with van der Waals surface area (Å²) in [4.78, 5) is 0.319. The van der Waals surface area contributed by atoms with Crippen LogP contribution in [-0.2, 0) is 19.8 Å². The van der Waals surface area contributed by atoms with E-state index in [9.17, 15) is 8.42 Å². The lowest BCUT2D eigenvalue weighted by atomic mass is 10.0. The minimum atomic E-state index is -2.21. The van der Waals surface area contributed by atoms with Gasteiger partial charge >= 0.3 is 0 Å². The molecule has 1 aliphatic heterocycles. The first-order chi connectivity index (χ1) is 6.79. The van der Waals surface area contributed by atoms with Gasteiger partial charge in [0.05, 0.1) is 24.0 Å². The van der Waals surface area contributed by atoms with Crippen molar-refractivity contribution in [2.24, 2.45) is 5.92 Å². The van der Waals surface area contributed by atoms with E-state index in [2.05, 4.69) is 0 Å². The van der Waals surface area contributed by atoms with Crippen LogP contribution in [-0.4, -0.2) is 32.8 Å². The van der Waals surface area contributed by atoms with Gasteiger partial charge < -0.3 is 9.47 Å². The lowest BCUT2D eigenvalue weighted by Gasteiger charge is -2.18. The third-order valence-electron chi connectivity index (χ3n) is 2.15. The van der Waals surface area contributed by atoms with Crippen LogP contribution in [0.2, 0.25) is 0 Å². The van der Waals surface area contributed by atoms with Gasteiger partial charge in [-0.2, -0.15) is 8.42 Å². The normalized spacial score (nSPS) is 27.1. The average molecular weight is 214 g/mol. The van der Waals surface area contributed by atoms with Gasteiger partial charge in [-0.25, -0.2) is 0 Å². The van der Waals surface area contributed by atoms with Crippen LogP contribution in [0.1, 0.15) is 0 Å². The van der Waals surface area contributed by atoms with Crippen LogP contribution in [0.5, 0.6) is 0 Å². The van der Waals surface area contributed by atoms with Crippen LogP contribution in [0.25, 0.3) is 0 Å². The zero-order valence-electron chi connectivity index (χ0n) is 7.42. The van der Waals surface area contributed by atoms with E-state index in [1.807, 2.05) is 0 Å². The highest BCUT2D eigenvalue weighted by molar-refractivity contribution is 7.73. The number of ether oxygens (including phenoxy) is 2. The molecule has 1 atom stereocenters. The fraction of sp³-hybridized carbons (Fsp3) is 0.444. The Labute approximate surface area is 83.4 Å². The van der Waals surface area contributed by atoms with E-state index in [4.69, 9.17) is 9.47 Å². The first-order valence-electron chi connectivity index (χ1n) is 4.33. The van der Waals surface area contributed by atoms with Crippen molar-refractivity contribution in [2.45, 2.75) is 6.29 Å². The predicted octanol–water partition coefficient (Wildman–Crippen LogP) is 0.153. The first-order valence-corrected chi connectivity index (χ1v) is 5.41. The van der Waals surface area contributed by atoms with Crippen molar-refractivity contribution in [2.75, 3.05) is 13.2 Å². The smallest absolute Gasteiger partial charge is 0.218 e. The predicted molar refractivity (Wildman–Crippen MR) is 51.4 cm³/mol. The van der Waals surface area contributed by atoms with E-state index in [0.717, 1.165) is 0 Å². The van der Waals surface area contributed by atoms with Crippen LogP contribution in [0.15, 0.2) is 24.3 Å². The summed E-state index contributed by atoms with van der Waals surface area (Å²) < 4.78 is 32.3. The van der Waals surface area contributed by atoms with Gasteiger partial charge in [-0.3, -0.25) is 0 Å². The molecule has 1 unspecified atom stereocenters. The molecule has 0 aromatic carbocycles. The van der Waals surface area contributed by atoms with Gasteiger partial charge in [-0.1, -0.05) is 18.2 Å². The van der Waals surface area contributed by atoms with Crippen molar-refractivity contribution in [1.82, 2.24) is 0 Å². The molecule has 1 saturated heterocycles. The first kappa shape index (κ1) is 9.64. The molecule has 1 aliphatic carbocycles. The van der Waals surface area contributed by atoms with Gasteiger partial charge in [0, 0.05) is 0 Å². The fourth-order valence-electron chi connectivity index (χ4n) is 1.52. The Morgan fingerprint density at radius 1 is 1.21 bits per heavy atom. The topological polar surface area (TPSA) is 52.6 Å². The monoisotopic (exact) mass is 214 g/mol. The van der Waals surface area contributed by atoms with E-state index in [1.54, 1.807) is 24.3 Å². The van der Waals surface area contributed by atoms with Crippen molar-refractivity contribution < 1.29 is 17.9 Å². The molecule has 0 bridgehead atoms. The van der Waals surface area contributed by atoms with E-state index >= 15 is 0 Å². The molecule has 0 aromatic heterocycles. The lowest BCUT2D eigenvalue weighted by molar-refractivity contribution is -0.0537. The van der Waals surface area contributed by atoms with E-state index in [-0.39, 0.29) is 5.92 Å². The largest absolute Gasteiger partial charge is 0.349 e. The highest BCUT2D eigenvalue weighted by Crippen LogP contribution is 2.20. The Balaban J connectivity index is 2.29. The Hall–Kier alpha value is -0.910. The minimum absolute atomic E-state index is 0.305. The zero-order valence-corrected chi connectivity index (χ0v) is 8.24. The zero-order chi connectivity index (χ0) is 9.97. The molecule has 0 saturated carbocycles. The highest BCUT2D eigenvalue weighted by Gasteiger charge is 2.29. The molecule has 14 heavy (non-hydrogen) atoms. The van der Waals surface area contributed by atoms with Gasteiger partial charge in [0.1, 0.15) is 0 Å².